The number of hydrogen-bond acceptors (Lipinski definition) is 1. The number of benzene rings is 3. The Bertz CT molecular complexity index is 729. The predicted molar refractivity (Wildman–Crippen MR) is 97.7 cm³/mol. The number of hydrogen-bond donors (Lipinski definition) is 1. The Balaban J connectivity index is 2.16. The lowest BCUT2D eigenvalue weighted by Crippen LogP contribution is -2.43. The third kappa shape index (κ3) is 3.03. The molecule has 3 rings (SSSR count). The SMILES string of the molecule is CC(c1cccc(Cl)c1)C(N)(c1ccccc1)c1ccccc1. The molecule has 0 bridgehead atoms. The van der Waals surface area contributed by atoms with Crippen LogP contribution in [0.1, 0.15) is 29.5 Å². The van der Waals surface area contributed by atoms with Crippen LogP contribution in [0.2, 0.25) is 5.02 Å². The molecule has 0 amide bonds. The summed E-state index contributed by atoms with van der Waals surface area (Å²) in [6.45, 7) is 2.16. The first-order valence-electron chi connectivity index (χ1n) is 7.78. The summed E-state index contributed by atoms with van der Waals surface area (Å²) in [5.41, 5.74) is 9.73. The van der Waals surface area contributed by atoms with Gasteiger partial charge in [0.1, 0.15) is 0 Å². The van der Waals surface area contributed by atoms with Crippen LogP contribution in [0, 0.1) is 0 Å². The maximum atomic E-state index is 7.02. The molecule has 0 saturated carbocycles. The summed E-state index contributed by atoms with van der Waals surface area (Å²) in [6.07, 6.45) is 0. The molecular weight excluding hydrogens is 302 g/mol. The van der Waals surface area contributed by atoms with Crippen LogP contribution in [-0.2, 0) is 5.54 Å². The highest BCUT2D eigenvalue weighted by Gasteiger charge is 2.36. The molecule has 2 N–H and O–H groups in total. The highest BCUT2D eigenvalue weighted by atomic mass is 35.5. The third-order valence-corrected chi connectivity index (χ3v) is 4.77. The van der Waals surface area contributed by atoms with E-state index in [1.54, 1.807) is 0 Å². The van der Waals surface area contributed by atoms with Gasteiger partial charge in [0.2, 0.25) is 0 Å². The van der Waals surface area contributed by atoms with Crippen LogP contribution in [0.4, 0.5) is 0 Å². The van der Waals surface area contributed by atoms with Crippen LogP contribution >= 0.6 is 11.6 Å². The number of nitrogens with two attached hydrogens (primary N) is 1. The monoisotopic (exact) mass is 321 g/mol. The maximum Gasteiger partial charge on any atom is 0.0732 e. The largest absolute Gasteiger partial charge is 0.317 e. The van der Waals surface area contributed by atoms with E-state index in [2.05, 4.69) is 37.3 Å². The average Bonchev–Trinajstić information content (AvgIpc) is 2.62. The van der Waals surface area contributed by atoms with E-state index < -0.39 is 5.54 Å². The van der Waals surface area contributed by atoms with Gasteiger partial charge < -0.3 is 5.73 Å². The van der Waals surface area contributed by atoms with Gasteiger partial charge in [-0.2, -0.15) is 0 Å². The van der Waals surface area contributed by atoms with Gasteiger partial charge in [-0.3, -0.25) is 0 Å². The van der Waals surface area contributed by atoms with Crippen LogP contribution < -0.4 is 5.73 Å². The Morgan fingerprint density at radius 2 is 1.30 bits per heavy atom. The van der Waals surface area contributed by atoms with Crippen molar-refractivity contribution in [2.75, 3.05) is 0 Å². The molecule has 0 aliphatic heterocycles. The minimum atomic E-state index is -0.618. The second kappa shape index (κ2) is 6.57. The van der Waals surface area contributed by atoms with Crippen LogP contribution in [0.5, 0.6) is 0 Å². The standard InChI is InChI=1S/C21H20ClN/c1-16(17-9-8-14-20(22)15-17)21(23,18-10-4-2-5-11-18)19-12-6-3-7-13-19/h2-16H,23H2,1H3. The first-order chi connectivity index (χ1) is 11.1. The van der Waals surface area contributed by atoms with Crippen LogP contribution in [0.25, 0.3) is 0 Å². The molecule has 0 aliphatic rings. The van der Waals surface area contributed by atoms with Crippen molar-refractivity contribution in [1.82, 2.24) is 0 Å². The van der Waals surface area contributed by atoms with E-state index >= 15 is 0 Å². The molecule has 0 aromatic heterocycles. The fraction of sp³-hybridized carbons (Fsp3) is 0.143. The Hall–Kier alpha value is -2.09. The summed E-state index contributed by atoms with van der Waals surface area (Å²) in [7, 11) is 0. The lowest BCUT2D eigenvalue weighted by molar-refractivity contribution is 0.448. The third-order valence-electron chi connectivity index (χ3n) is 4.53. The van der Waals surface area contributed by atoms with E-state index in [0.717, 1.165) is 21.7 Å². The minimum Gasteiger partial charge on any atom is -0.317 e. The Morgan fingerprint density at radius 1 is 0.783 bits per heavy atom. The van der Waals surface area contributed by atoms with Gasteiger partial charge in [0, 0.05) is 10.9 Å². The zero-order valence-corrected chi connectivity index (χ0v) is 13.9. The Morgan fingerprint density at radius 3 is 1.78 bits per heavy atom. The second-order valence-corrected chi connectivity index (χ2v) is 6.31. The first-order valence-corrected chi connectivity index (χ1v) is 8.15. The second-order valence-electron chi connectivity index (χ2n) is 5.88. The molecule has 116 valence electrons. The fourth-order valence-electron chi connectivity index (χ4n) is 3.13. The van der Waals surface area contributed by atoms with E-state index in [1.165, 1.54) is 0 Å². The molecule has 0 spiro atoms. The highest BCUT2D eigenvalue weighted by Crippen LogP contribution is 2.40. The number of halogens is 1. The average molecular weight is 322 g/mol. The molecule has 2 heteroatoms. The molecule has 1 nitrogen and oxygen atoms in total. The van der Waals surface area contributed by atoms with Gasteiger partial charge in [-0.25, -0.2) is 0 Å². The molecule has 1 unspecified atom stereocenters. The van der Waals surface area contributed by atoms with Gasteiger partial charge in [-0.1, -0.05) is 91.3 Å². The topological polar surface area (TPSA) is 26.0 Å². The van der Waals surface area contributed by atoms with Crippen molar-refractivity contribution in [2.45, 2.75) is 18.4 Å². The van der Waals surface area contributed by atoms with E-state index in [4.69, 9.17) is 17.3 Å². The van der Waals surface area contributed by atoms with Gasteiger partial charge in [0.15, 0.2) is 0 Å². The van der Waals surface area contributed by atoms with Gasteiger partial charge >= 0.3 is 0 Å². The summed E-state index contributed by atoms with van der Waals surface area (Å²) in [5.74, 6) is 0.0750. The predicted octanol–water partition coefficient (Wildman–Crippen LogP) is 5.35. The first kappa shape index (κ1) is 15.8. The zero-order chi connectivity index (χ0) is 16.3. The molecule has 0 heterocycles. The van der Waals surface area contributed by atoms with Crippen molar-refractivity contribution < 1.29 is 0 Å². The van der Waals surface area contributed by atoms with Crippen LogP contribution in [-0.4, -0.2) is 0 Å². The van der Waals surface area contributed by atoms with Crippen LogP contribution in [0.3, 0.4) is 0 Å². The smallest absolute Gasteiger partial charge is 0.0732 e. The molecule has 3 aromatic rings. The normalized spacial score (nSPS) is 12.8. The van der Waals surface area contributed by atoms with Crippen LogP contribution in [0.15, 0.2) is 84.9 Å². The Kier molecular flexibility index (Phi) is 4.51. The van der Waals surface area contributed by atoms with Gasteiger partial charge in [0.25, 0.3) is 0 Å². The molecule has 1 atom stereocenters. The van der Waals surface area contributed by atoms with E-state index in [9.17, 15) is 0 Å². The van der Waals surface area contributed by atoms with Crippen molar-refractivity contribution in [3.63, 3.8) is 0 Å². The van der Waals surface area contributed by atoms with Crippen molar-refractivity contribution in [2.24, 2.45) is 5.73 Å². The summed E-state index contributed by atoms with van der Waals surface area (Å²) >= 11 is 6.19. The van der Waals surface area contributed by atoms with E-state index in [1.807, 2.05) is 54.6 Å². The molecular formula is C21H20ClN. The lowest BCUT2D eigenvalue weighted by atomic mass is 9.72. The lowest BCUT2D eigenvalue weighted by Gasteiger charge is -2.37. The number of rotatable bonds is 4. The van der Waals surface area contributed by atoms with Gasteiger partial charge in [-0.05, 0) is 28.8 Å². The summed E-state index contributed by atoms with van der Waals surface area (Å²) in [4.78, 5) is 0. The molecule has 0 radical (unpaired) electrons. The van der Waals surface area contributed by atoms with Gasteiger partial charge in [0.05, 0.1) is 5.54 Å². The van der Waals surface area contributed by atoms with E-state index in [-0.39, 0.29) is 5.92 Å². The molecule has 0 saturated heterocycles. The molecule has 0 fully saturated rings. The summed E-state index contributed by atoms with van der Waals surface area (Å²) in [6, 6.07) is 28.5. The molecule has 23 heavy (non-hydrogen) atoms. The summed E-state index contributed by atoms with van der Waals surface area (Å²) < 4.78 is 0. The van der Waals surface area contributed by atoms with E-state index in [0.29, 0.717) is 0 Å². The van der Waals surface area contributed by atoms with Crippen molar-refractivity contribution in [3.8, 4) is 0 Å². The summed E-state index contributed by atoms with van der Waals surface area (Å²) in [5, 5.41) is 0.734. The Labute approximate surface area is 142 Å². The quantitative estimate of drug-likeness (QED) is 0.689. The fourth-order valence-corrected chi connectivity index (χ4v) is 3.33. The zero-order valence-electron chi connectivity index (χ0n) is 13.1. The van der Waals surface area contributed by atoms with Crippen molar-refractivity contribution >= 4 is 11.6 Å². The van der Waals surface area contributed by atoms with Gasteiger partial charge in [-0.15, -0.1) is 0 Å². The molecule has 0 aliphatic carbocycles. The highest BCUT2D eigenvalue weighted by molar-refractivity contribution is 6.30. The minimum absolute atomic E-state index is 0.0750. The van der Waals surface area contributed by atoms with Crippen molar-refractivity contribution in [1.29, 1.82) is 0 Å². The maximum absolute atomic E-state index is 7.02. The molecule has 3 aromatic carbocycles. The van der Waals surface area contributed by atoms with Crippen molar-refractivity contribution in [3.05, 3.63) is 107 Å².